The van der Waals surface area contributed by atoms with Crippen LogP contribution in [0.3, 0.4) is 0 Å². The van der Waals surface area contributed by atoms with E-state index >= 15 is 0 Å². The Bertz CT molecular complexity index is 1070. The molecule has 2 aromatic heterocycles. The molecule has 7 heteroatoms. The Labute approximate surface area is 179 Å². The van der Waals surface area contributed by atoms with Crippen LogP contribution >= 0.6 is 23.1 Å². The quantitative estimate of drug-likeness (QED) is 0.399. The van der Waals surface area contributed by atoms with Gasteiger partial charge in [-0.15, -0.1) is 11.3 Å². The summed E-state index contributed by atoms with van der Waals surface area (Å²) in [5.74, 6) is 0.603. The van der Waals surface area contributed by atoms with Gasteiger partial charge in [-0.3, -0.25) is 14.2 Å². The summed E-state index contributed by atoms with van der Waals surface area (Å²) in [6.07, 6.45) is 1.75. The van der Waals surface area contributed by atoms with Crippen LogP contribution in [-0.2, 0) is 17.8 Å². The topological polar surface area (TPSA) is 64.0 Å². The van der Waals surface area contributed by atoms with Crippen molar-refractivity contribution in [3.63, 3.8) is 0 Å². The fraction of sp³-hybridized carbons (Fsp3) is 0.409. The zero-order valence-corrected chi connectivity index (χ0v) is 19.0. The molecule has 154 valence electrons. The number of para-hydroxylation sites is 1. The van der Waals surface area contributed by atoms with Gasteiger partial charge in [-0.1, -0.05) is 50.7 Å². The molecule has 0 aliphatic carbocycles. The number of carbonyl (C=O) groups is 1. The number of anilines is 1. The first-order chi connectivity index (χ1) is 13.9. The molecular formula is C22H27N3O2S2. The molecule has 0 fully saturated rings. The molecule has 0 radical (unpaired) electrons. The fourth-order valence-corrected chi connectivity index (χ4v) is 4.73. The van der Waals surface area contributed by atoms with Crippen LogP contribution in [0, 0.1) is 12.8 Å². The minimum atomic E-state index is -0.0888. The van der Waals surface area contributed by atoms with Gasteiger partial charge in [0.2, 0.25) is 5.91 Å². The summed E-state index contributed by atoms with van der Waals surface area (Å²) in [7, 11) is 0. The summed E-state index contributed by atoms with van der Waals surface area (Å²) in [6, 6.07) is 7.90. The van der Waals surface area contributed by atoms with Gasteiger partial charge >= 0.3 is 0 Å². The predicted octanol–water partition coefficient (Wildman–Crippen LogP) is 5.11. The van der Waals surface area contributed by atoms with Gasteiger partial charge in [-0.05, 0) is 48.3 Å². The Morgan fingerprint density at radius 2 is 2.10 bits per heavy atom. The van der Waals surface area contributed by atoms with Crippen molar-refractivity contribution in [1.82, 2.24) is 9.55 Å². The molecule has 0 bridgehead atoms. The van der Waals surface area contributed by atoms with Crippen LogP contribution in [0.15, 0.2) is 39.6 Å². The molecule has 0 atom stereocenters. The van der Waals surface area contributed by atoms with Crippen molar-refractivity contribution >= 4 is 44.9 Å². The number of nitrogens with one attached hydrogen (secondary N) is 1. The lowest BCUT2D eigenvalue weighted by Gasteiger charge is -2.14. The lowest BCUT2D eigenvalue weighted by atomic mass is 10.1. The van der Waals surface area contributed by atoms with Crippen molar-refractivity contribution < 1.29 is 4.79 Å². The number of nitrogens with zero attached hydrogens (tertiary/aromatic N) is 2. The highest BCUT2D eigenvalue weighted by atomic mass is 32.2. The first kappa shape index (κ1) is 21.6. The SMILES string of the molecule is CCc1cccc(C)c1NC(=O)CSc1nc2ccsc2c(=O)n1CCC(C)C. The van der Waals surface area contributed by atoms with Crippen molar-refractivity contribution in [3.8, 4) is 0 Å². The van der Waals surface area contributed by atoms with E-state index in [0.717, 1.165) is 29.7 Å². The number of carbonyl (C=O) groups excluding carboxylic acids is 1. The standard InChI is InChI=1S/C22H27N3O2S2/c1-5-16-8-6-7-15(4)19(16)24-18(26)13-29-22-23-17-10-12-28-20(17)21(27)25(22)11-9-14(2)3/h6-8,10,12,14H,5,9,11,13H2,1-4H3,(H,24,26). The zero-order chi connectivity index (χ0) is 21.0. The second kappa shape index (κ2) is 9.59. The highest BCUT2D eigenvalue weighted by molar-refractivity contribution is 7.99. The molecule has 3 aromatic rings. The molecule has 1 amide bonds. The summed E-state index contributed by atoms with van der Waals surface area (Å²) >= 11 is 2.74. The molecule has 3 rings (SSSR count). The zero-order valence-electron chi connectivity index (χ0n) is 17.3. The van der Waals surface area contributed by atoms with Crippen molar-refractivity contribution in [2.75, 3.05) is 11.1 Å². The number of hydrogen-bond acceptors (Lipinski definition) is 5. The molecule has 0 spiro atoms. The Morgan fingerprint density at radius 3 is 2.83 bits per heavy atom. The van der Waals surface area contributed by atoms with E-state index in [1.807, 2.05) is 36.6 Å². The minimum Gasteiger partial charge on any atom is -0.325 e. The van der Waals surface area contributed by atoms with Crippen LogP contribution in [0.5, 0.6) is 0 Å². The maximum Gasteiger partial charge on any atom is 0.272 e. The highest BCUT2D eigenvalue weighted by Crippen LogP contribution is 2.24. The number of aromatic nitrogens is 2. The van der Waals surface area contributed by atoms with Gasteiger partial charge in [0.1, 0.15) is 4.70 Å². The van der Waals surface area contributed by atoms with E-state index in [4.69, 9.17) is 0 Å². The van der Waals surface area contributed by atoms with Crippen LogP contribution in [0.1, 0.15) is 38.3 Å². The van der Waals surface area contributed by atoms with E-state index in [9.17, 15) is 9.59 Å². The number of benzene rings is 1. The van der Waals surface area contributed by atoms with E-state index < -0.39 is 0 Å². The molecule has 1 N–H and O–H groups in total. The highest BCUT2D eigenvalue weighted by Gasteiger charge is 2.15. The maximum atomic E-state index is 12.9. The molecule has 0 saturated carbocycles. The number of hydrogen-bond donors (Lipinski definition) is 1. The molecule has 2 heterocycles. The molecule has 29 heavy (non-hydrogen) atoms. The van der Waals surface area contributed by atoms with E-state index in [1.165, 1.54) is 23.1 Å². The molecular weight excluding hydrogens is 402 g/mol. The van der Waals surface area contributed by atoms with E-state index in [2.05, 4.69) is 31.1 Å². The first-order valence-corrected chi connectivity index (χ1v) is 11.8. The van der Waals surface area contributed by atoms with E-state index in [0.29, 0.717) is 27.8 Å². The number of thiophene rings is 1. The van der Waals surface area contributed by atoms with Crippen LogP contribution < -0.4 is 10.9 Å². The molecule has 5 nitrogen and oxygen atoms in total. The van der Waals surface area contributed by atoms with Crippen LogP contribution in [0.4, 0.5) is 5.69 Å². The number of fused-ring (bicyclic) bond motifs is 1. The first-order valence-electron chi connectivity index (χ1n) is 9.89. The van der Waals surface area contributed by atoms with Crippen molar-refractivity contribution in [2.24, 2.45) is 5.92 Å². The van der Waals surface area contributed by atoms with Crippen LogP contribution in [0.25, 0.3) is 10.2 Å². The van der Waals surface area contributed by atoms with Crippen molar-refractivity contribution in [3.05, 3.63) is 51.1 Å². The number of amides is 1. The lowest BCUT2D eigenvalue weighted by Crippen LogP contribution is -2.24. The van der Waals surface area contributed by atoms with Crippen molar-refractivity contribution in [1.29, 1.82) is 0 Å². The van der Waals surface area contributed by atoms with Crippen molar-refractivity contribution in [2.45, 2.75) is 52.2 Å². The summed E-state index contributed by atoms with van der Waals surface area (Å²) < 4.78 is 2.40. The smallest absolute Gasteiger partial charge is 0.272 e. The molecule has 0 aliphatic heterocycles. The van der Waals surface area contributed by atoms with Crippen LogP contribution in [-0.4, -0.2) is 21.2 Å². The second-order valence-corrected chi connectivity index (χ2v) is 9.33. The normalized spacial score (nSPS) is 11.3. The Hall–Kier alpha value is -2.12. The third-order valence-corrected chi connectivity index (χ3v) is 6.67. The molecule has 1 aromatic carbocycles. The second-order valence-electron chi connectivity index (χ2n) is 7.47. The fourth-order valence-electron chi connectivity index (χ4n) is 3.13. The molecule has 0 unspecified atom stereocenters. The predicted molar refractivity (Wildman–Crippen MR) is 123 cm³/mol. The van der Waals surface area contributed by atoms with E-state index in [-0.39, 0.29) is 17.2 Å². The Morgan fingerprint density at radius 1 is 1.31 bits per heavy atom. The third kappa shape index (κ3) is 5.08. The number of aryl methyl sites for hydroxylation is 2. The number of rotatable bonds is 8. The summed E-state index contributed by atoms with van der Waals surface area (Å²) in [5.41, 5.74) is 3.75. The molecule has 0 saturated heterocycles. The third-order valence-electron chi connectivity index (χ3n) is 4.80. The van der Waals surface area contributed by atoms with Crippen LogP contribution in [0.2, 0.25) is 0 Å². The lowest BCUT2D eigenvalue weighted by molar-refractivity contribution is -0.113. The monoisotopic (exact) mass is 429 g/mol. The Kier molecular flexibility index (Phi) is 7.14. The van der Waals surface area contributed by atoms with Gasteiger partial charge in [0, 0.05) is 12.2 Å². The van der Waals surface area contributed by atoms with Gasteiger partial charge in [0.05, 0.1) is 11.3 Å². The summed E-state index contributed by atoms with van der Waals surface area (Å²) in [4.78, 5) is 30.2. The van der Waals surface area contributed by atoms with Gasteiger partial charge in [0.25, 0.3) is 5.56 Å². The average Bonchev–Trinajstić information content (AvgIpc) is 3.16. The molecule has 0 aliphatic rings. The maximum absolute atomic E-state index is 12.9. The van der Waals surface area contributed by atoms with Gasteiger partial charge in [0.15, 0.2) is 5.16 Å². The number of thioether (sulfide) groups is 1. The average molecular weight is 430 g/mol. The van der Waals surface area contributed by atoms with Gasteiger partial charge in [-0.25, -0.2) is 4.98 Å². The largest absolute Gasteiger partial charge is 0.325 e. The Balaban J connectivity index is 1.80. The van der Waals surface area contributed by atoms with Gasteiger partial charge in [-0.2, -0.15) is 0 Å². The van der Waals surface area contributed by atoms with E-state index in [1.54, 1.807) is 4.57 Å². The summed E-state index contributed by atoms with van der Waals surface area (Å²) in [5, 5.41) is 5.54. The summed E-state index contributed by atoms with van der Waals surface area (Å²) in [6.45, 7) is 8.95. The minimum absolute atomic E-state index is 0.0132. The van der Waals surface area contributed by atoms with Gasteiger partial charge < -0.3 is 5.32 Å².